The maximum Gasteiger partial charge on any atom is 0.242 e. The van der Waals surface area contributed by atoms with E-state index in [1.807, 2.05) is 37.2 Å². The Hall–Kier alpha value is -1.79. The van der Waals surface area contributed by atoms with Gasteiger partial charge in [-0.1, -0.05) is 18.9 Å². The quantitative estimate of drug-likeness (QED) is 0.831. The summed E-state index contributed by atoms with van der Waals surface area (Å²) in [5.74, 6) is 1.52. The van der Waals surface area contributed by atoms with Crippen molar-refractivity contribution in [2.75, 3.05) is 40.5 Å². The van der Waals surface area contributed by atoms with Crippen molar-refractivity contribution in [1.82, 2.24) is 15.1 Å². The maximum atomic E-state index is 13.2. The van der Waals surface area contributed by atoms with E-state index in [0.717, 1.165) is 23.6 Å². The van der Waals surface area contributed by atoms with Crippen molar-refractivity contribution in [2.45, 2.75) is 50.1 Å². The largest absolute Gasteiger partial charge is 0.454 e. The summed E-state index contributed by atoms with van der Waals surface area (Å²) in [7, 11) is 3.89. The lowest BCUT2D eigenvalue weighted by Crippen LogP contribution is -2.54. The van der Waals surface area contributed by atoms with Crippen molar-refractivity contribution in [3.8, 4) is 11.5 Å². The second-order valence-electron chi connectivity index (χ2n) is 8.32. The monoisotopic (exact) mass is 373 g/mol. The van der Waals surface area contributed by atoms with Gasteiger partial charge in [0.2, 0.25) is 12.7 Å². The van der Waals surface area contributed by atoms with E-state index in [1.165, 1.54) is 51.6 Å². The Balaban J connectivity index is 1.47. The molecule has 1 aromatic rings. The van der Waals surface area contributed by atoms with E-state index in [4.69, 9.17) is 9.47 Å². The molecule has 2 heterocycles. The zero-order valence-corrected chi connectivity index (χ0v) is 16.5. The molecule has 0 bridgehead atoms. The van der Waals surface area contributed by atoms with Crippen LogP contribution in [-0.4, -0.2) is 61.8 Å². The number of hydrogen-bond donors (Lipinski definition) is 1. The highest BCUT2D eigenvalue weighted by Gasteiger charge is 2.41. The molecule has 6 nitrogen and oxygen atoms in total. The van der Waals surface area contributed by atoms with E-state index in [1.54, 1.807) is 0 Å². The molecule has 4 rings (SSSR count). The molecule has 6 heteroatoms. The number of nitrogens with one attached hydrogen (secondary N) is 1. The summed E-state index contributed by atoms with van der Waals surface area (Å²) < 4.78 is 10.9. The molecule has 148 valence electrons. The number of ether oxygens (including phenoxy) is 2. The zero-order valence-electron chi connectivity index (χ0n) is 16.5. The van der Waals surface area contributed by atoms with Gasteiger partial charge in [0.25, 0.3) is 0 Å². The molecule has 1 saturated carbocycles. The van der Waals surface area contributed by atoms with E-state index >= 15 is 0 Å². The first-order valence-electron chi connectivity index (χ1n) is 10.2. The first-order chi connectivity index (χ1) is 13.1. The van der Waals surface area contributed by atoms with Crippen LogP contribution in [0.5, 0.6) is 11.5 Å². The Morgan fingerprint density at radius 1 is 1.15 bits per heavy atom. The molecule has 1 N–H and O–H groups in total. The molecule has 2 fully saturated rings. The molecule has 0 unspecified atom stereocenters. The van der Waals surface area contributed by atoms with Gasteiger partial charge in [-0.25, -0.2) is 0 Å². The molecule has 1 aliphatic carbocycles. The summed E-state index contributed by atoms with van der Waals surface area (Å²) >= 11 is 0. The van der Waals surface area contributed by atoms with E-state index in [9.17, 15) is 4.79 Å². The average molecular weight is 373 g/mol. The predicted octanol–water partition coefficient (Wildman–Crippen LogP) is 2.54. The fourth-order valence-corrected chi connectivity index (χ4v) is 4.94. The predicted molar refractivity (Wildman–Crippen MR) is 104 cm³/mol. The lowest BCUT2D eigenvalue weighted by Gasteiger charge is -2.39. The number of nitrogens with zero attached hydrogens (tertiary/aromatic N) is 2. The summed E-state index contributed by atoms with van der Waals surface area (Å²) in [6.07, 6.45) is 7.51. The van der Waals surface area contributed by atoms with Crippen molar-refractivity contribution < 1.29 is 14.3 Å². The molecule has 3 aliphatic rings. The number of hydrogen-bond acceptors (Lipinski definition) is 5. The van der Waals surface area contributed by atoms with Crippen LogP contribution in [0.1, 0.15) is 50.1 Å². The second kappa shape index (κ2) is 7.68. The Morgan fingerprint density at radius 2 is 1.85 bits per heavy atom. The van der Waals surface area contributed by atoms with E-state index < -0.39 is 0 Å². The first kappa shape index (κ1) is 18.6. The van der Waals surface area contributed by atoms with Crippen LogP contribution >= 0.6 is 0 Å². The van der Waals surface area contributed by atoms with Crippen LogP contribution in [0, 0.1) is 0 Å². The number of benzene rings is 1. The molecule has 27 heavy (non-hydrogen) atoms. The topological polar surface area (TPSA) is 54.0 Å². The smallest absolute Gasteiger partial charge is 0.242 e. The van der Waals surface area contributed by atoms with Crippen LogP contribution in [0.4, 0.5) is 0 Å². The number of likely N-dealkylation sites (N-methyl/N-ethyl adjacent to an activating group) is 1. The van der Waals surface area contributed by atoms with Gasteiger partial charge >= 0.3 is 0 Å². The molecule has 1 atom stereocenters. The highest BCUT2D eigenvalue weighted by atomic mass is 16.7. The lowest BCUT2D eigenvalue weighted by atomic mass is 9.94. The van der Waals surface area contributed by atoms with Crippen molar-refractivity contribution in [1.29, 1.82) is 0 Å². The number of carbonyl (C=O) groups excluding carboxylic acids is 1. The van der Waals surface area contributed by atoms with Gasteiger partial charge in [0.15, 0.2) is 11.5 Å². The van der Waals surface area contributed by atoms with E-state index in [2.05, 4.69) is 10.2 Å². The van der Waals surface area contributed by atoms with Crippen molar-refractivity contribution in [3.63, 3.8) is 0 Å². The number of carbonyl (C=O) groups is 1. The van der Waals surface area contributed by atoms with Crippen LogP contribution in [0.2, 0.25) is 0 Å². The molecular weight excluding hydrogens is 342 g/mol. The summed E-state index contributed by atoms with van der Waals surface area (Å²) in [6.45, 7) is 3.35. The van der Waals surface area contributed by atoms with Gasteiger partial charge in [-0.2, -0.15) is 0 Å². The Morgan fingerprint density at radius 3 is 2.56 bits per heavy atom. The van der Waals surface area contributed by atoms with Gasteiger partial charge in [-0.05, 0) is 70.6 Å². The third kappa shape index (κ3) is 3.65. The Bertz CT molecular complexity index is 679. The highest BCUT2D eigenvalue weighted by molar-refractivity contribution is 5.83. The zero-order chi connectivity index (χ0) is 18.9. The fourth-order valence-electron chi connectivity index (χ4n) is 4.94. The molecule has 1 aromatic carbocycles. The number of likely N-dealkylation sites (tertiary alicyclic amines) is 1. The molecule has 0 aromatic heterocycles. The molecule has 2 aliphatic heterocycles. The van der Waals surface area contributed by atoms with Gasteiger partial charge in [0, 0.05) is 12.1 Å². The molecular formula is C21H31N3O3. The lowest BCUT2D eigenvalue weighted by molar-refractivity contribution is -0.126. The third-order valence-corrected chi connectivity index (χ3v) is 6.38. The molecule has 0 spiro atoms. The van der Waals surface area contributed by atoms with Crippen LogP contribution in [0.3, 0.4) is 0 Å². The van der Waals surface area contributed by atoms with Crippen molar-refractivity contribution >= 4 is 5.91 Å². The molecule has 0 radical (unpaired) electrons. The van der Waals surface area contributed by atoms with Gasteiger partial charge in [-0.15, -0.1) is 0 Å². The minimum atomic E-state index is -0.337. The van der Waals surface area contributed by atoms with E-state index in [-0.39, 0.29) is 24.3 Å². The summed E-state index contributed by atoms with van der Waals surface area (Å²) in [5, 5.41) is 3.30. The van der Waals surface area contributed by atoms with Crippen LogP contribution < -0.4 is 14.8 Å². The summed E-state index contributed by atoms with van der Waals surface area (Å²) in [5.41, 5.74) is 1.10. The van der Waals surface area contributed by atoms with Gasteiger partial charge in [0.05, 0.1) is 0 Å². The Labute approximate surface area is 161 Å². The van der Waals surface area contributed by atoms with Crippen LogP contribution in [0.25, 0.3) is 0 Å². The first-order valence-corrected chi connectivity index (χ1v) is 10.2. The number of amides is 1. The number of rotatable bonds is 6. The third-order valence-electron chi connectivity index (χ3n) is 6.38. The fraction of sp³-hybridized carbons (Fsp3) is 0.667. The highest BCUT2D eigenvalue weighted by Crippen LogP contribution is 2.38. The Kier molecular flexibility index (Phi) is 5.28. The normalized spacial score (nSPS) is 22.3. The van der Waals surface area contributed by atoms with Crippen LogP contribution in [-0.2, 0) is 4.79 Å². The van der Waals surface area contributed by atoms with Crippen molar-refractivity contribution in [3.05, 3.63) is 23.8 Å². The maximum absolute atomic E-state index is 13.2. The van der Waals surface area contributed by atoms with Gasteiger partial charge in [-0.3, -0.25) is 14.6 Å². The SMILES string of the molecule is CN(C)[C@H](C(=O)NCC1(N2CCCC2)CCCC1)c1ccc2c(c1)OCO2. The number of fused-ring (bicyclic) bond motifs is 1. The second-order valence-corrected chi connectivity index (χ2v) is 8.32. The molecule has 1 amide bonds. The average Bonchev–Trinajstić information content (AvgIpc) is 3.40. The van der Waals surface area contributed by atoms with Gasteiger partial charge < -0.3 is 14.8 Å². The minimum Gasteiger partial charge on any atom is -0.454 e. The van der Waals surface area contributed by atoms with Crippen molar-refractivity contribution in [2.24, 2.45) is 0 Å². The summed E-state index contributed by atoms with van der Waals surface area (Å²) in [4.78, 5) is 17.7. The summed E-state index contributed by atoms with van der Waals surface area (Å²) in [6, 6.07) is 5.45. The van der Waals surface area contributed by atoms with Crippen LogP contribution in [0.15, 0.2) is 18.2 Å². The minimum absolute atomic E-state index is 0.0596. The van der Waals surface area contributed by atoms with E-state index in [0.29, 0.717) is 0 Å². The molecule has 1 saturated heterocycles. The standard InChI is InChI=1S/C21H31N3O3/c1-23(2)19(16-7-8-17-18(13-16)27-15-26-17)20(25)22-14-21(9-3-4-10-21)24-11-5-6-12-24/h7-8,13,19H,3-6,9-12,14-15H2,1-2H3,(H,22,25)/t19-/m0/s1. The van der Waals surface area contributed by atoms with Gasteiger partial charge in [0.1, 0.15) is 6.04 Å².